The average Bonchev–Trinajstić information content (AvgIpc) is 2.80. The van der Waals surface area contributed by atoms with Gasteiger partial charge in [0.15, 0.2) is 6.61 Å². The smallest absolute Gasteiger partial charge is 0.266 e. The Balaban J connectivity index is 1.63. The summed E-state index contributed by atoms with van der Waals surface area (Å²) in [5, 5.41) is 15.7. The molecule has 0 radical (unpaired) electrons. The van der Waals surface area contributed by atoms with E-state index in [1.807, 2.05) is 6.07 Å². The first kappa shape index (κ1) is 24.3. The van der Waals surface area contributed by atoms with E-state index < -0.39 is 5.91 Å². The van der Waals surface area contributed by atoms with Crippen molar-refractivity contribution >= 4 is 68.4 Å². The zero-order valence-corrected chi connectivity index (χ0v) is 20.0. The summed E-state index contributed by atoms with van der Waals surface area (Å²) in [6, 6.07) is 20.3. The van der Waals surface area contributed by atoms with Gasteiger partial charge >= 0.3 is 0 Å². The molecule has 3 aromatic rings. The summed E-state index contributed by atoms with van der Waals surface area (Å²) < 4.78 is 6.11. The van der Waals surface area contributed by atoms with Gasteiger partial charge in [0.2, 0.25) is 0 Å². The number of anilines is 2. The molecule has 0 saturated heterocycles. The van der Waals surface area contributed by atoms with Crippen LogP contribution in [-0.2, 0) is 9.59 Å². The SMILES string of the molecule is N#C/C(=C\c1ccc(OCC(=O)Nc2ccc(Cl)cc2)c(Br)c1)C(=O)Nc1ccccc1Cl. The van der Waals surface area contributed by atoms with E-state index in [1.54, 1.807) is 66.7 Å². The maximum atomic E-state index is 12.4. The van der Waals surface area contributed by atoms with Gasteiger partial charge in [-0.1, -0.05) is 41.4 Å². The van der Waals surface area contributed by atoms with E-state index in [2.05, 4.69) is 26.6 Å². The maximum Gasteiger partial charge on any atom is 0.266 e. The molecule has 6 nitrogen and oxygen atoms in total. The van der Waals surface area contributed by atoms with Gasteiger partial charge in [0.05, 0.1) is 15.2 Å². The van der Waals surface area contributed by atoms with Crippen molar-refractivity contribution in [1.82, 2.24) is 0 Å². The minimum absolute atomic E-state index is 0.0992. The molecule has 0 unspecified atom stereocenters. The van der Waals surface area contributed by atoms with Crippen molar-refractivity contribution in [3.63, 3.8) is 0 Å². The second-order valence-corrected chi connectivity index (χ2v) is 8.34. The van der Waals surface area contributed by atoms with Crippen LogP contribution in [0.15, 0.2) is 76.8 Å². The minimum atomic E-state index is -0.582. The summed E-state index contributed by atoms with van der Waals surface area (Å²) in [4.78, 5) is 24.5. The van der Waals surface area contributed by atoms with Crippen LogP contribution in [0.4, 0.5) is 11.4 Å². The van der Waals surface area contributed by atoms with Crippen molar-refractivity contribution in [3.8, 4) is 11.8 Å². The van der Waals surface area contributed by atoms with E-state index in [-0.39, 0.29) is 18.1 Å². The third-order valence-electron chi connectivity index (χ3n) is 4.24. The molecular formula is C24H16BrCl2N3O3. The number of carbonyl (C=O) groups excluding carboxylic acids is 2. The lowest BCUT2D eigenvalue weighted by molar-refractivity contribution is -0.118. The van der Waals surface area contributed by atoms with Crippen molar-refractivity contribution in [1.29, 1.82) is 5.26 Å². The van der Waals surface area contributed by atoms with Gasteiger partial charge in [-0.05, 0) is 76.1 Å². The van der Waals surface area contributed by atoms with Crippen molar-refractivity contribution in [3.05, 3.63) is 92.4 Å². The number of amides is 2. The highest BCUT2D eigenvalue weighted by Gasteiger charge is 2.12. The largest absolute Gasteiger partial charge is 0.483 e. The average molecular weight is 545 g/mol. The number of nitrogens with one attached hydrogen (secondary N) is 2. The third-order valence-corrected chi connectivity index (χ3v) is 5.44. The fourth-order valence-electron chi connectivity index (χ4n) is 2.67. The molecule has 0 aromatic heterocycles. The van der Waals surface area contributed by atoms with Crippen LogP contribution in [0.3, 0.4) is 0 Å². The summed E-state index contributed by atoms with van der Waals surface area (Å²) in [5.41, 5.74) is 1.50. The fraction of sp³-hybridized carbons (Fsp3) is 0.0417. The second kappa shape index (κ2) is 11.5. The van der Waals surface area contributed by atoms with Crippen LogP contribution >= 0.6 is 39.1 Å². The number of benzene rings is 3. The van der Waals surface area contributed by atoms with Crippen LogP contribution in [0.2, 0.25) is 10.0 Å². The van der Waals surface area contributed by atoms with Gasteiger partial charge in [0.25, 0.3) is 11.8 Å². The Labute approximate surface area is 208 Å². The second-order valence-electron chi connectivity index (χ2n) is 6.64. The van der Waals surface area contributed by atoms with Gasteiger partial charge in [-0.15, -0.1) is 0 Å². The third kappa shape index (κ3) is 7.09. The molecule has 0 heterocycles. The normalized spacial score (nSPS) is 10.8. The lowest BCUT2D eigenvalue weighted by Crippen LogP contribution is -2.20. The number of rotatable bonds is 7. The monoisotopic (exact) mass is 543 g/mol. The van der Waals surface area contributed by atoms with E-state index >= 15 is 0 Å². The zero-order chi connectivity index (χ0) is 23.8. The quantitative estimate of drug-likeness (QED) is 0.269. The Kier molecular flexibility index (Phi) is 8.50. The Bertz CT molecular complexity index is 1250. The molecule has 0 atom stereocenters. The first-order valence-electron chi connectivity index (χ1n) is 9.51. The minimum Gasteiger partial charge on any atom is -0.483 e. The summed E-state index contributed by atoms with van der Waals surface area (Å²) in [6.07, 6.45) is 1.44. The number of hydrogen-bond donors (Lipinski definition) is 2. The first-order chi connectivity index (χ1) is 15.9. The number of hydrogen-bond acceptors (Lipinski definition) is 4. The van der Waals surface area contributed by atoms with Crippen LogP contribution in [0.1, 0.15) is 5.56 Å². The molecule has 0 fully saturated rings. The molecule has 0 bridgehead atoms. The number of para-hydroxylation sites is 1. The molecule has 0 saturated carbocycles. The number of nitriles is 1. The Hall–Kier alpha value is -3.31. The molecule has 33 heavy (non-hydrogen) atoms. The van der Waals surface area contributed by atoms with Gasteiger partial charge in [0.1, 0.15) is 17.4 Å². The van der Waals surface area contributed by atoms with Crippen LogP contribution in [0.25, 0.3) is 6.08 Å². The number of halogens is 3. The number of carbonyl (C=O) groups is 2. The lowest BCUT2D eigenvalue weighted by Gasteiger charge is -2.10. The molecule has 2 N–H and O–H groups in total. The van der Waals surface area contributed by atoms with E-state index in [0.717, 1.165) is 0 Å². The molecule has 0 aliphatic rings. The molecule has 3 rings (SSSR count). The van der Waals surface area contributed by atoms with Crippen LogP contribution in [0.5, 0.6) is 5.75 Å². The van der Waals surface area contributed by atoms with Gasteiger partial charge in [-0.3, -0.25) is 9.59 Å². The summed E-state index contributed by atoms with van der Waals surface area (Å²) >= 11 is 15.3. The predicted octanol–water partition coefficient (Wildman–Crippen LogP) is 6.32. The van der Waals surface area contributed by atoms with Crippen LogP contribution < -0.4 is 15.4 Å². The van der Waals surface area contributed by atoms with E-state index in [4.69, 9.17) is 27.9 Å². The summed E-state index contributed by atoms with van der Waals surface area (Å²) in [6.45, 7) is -0.208. The van der Waals surface area contributed by atoms with Gasteiger partial charge in [-0.25, -0.2) is 0 Å². The van der Waals surface area contributed by atoms with E-state index in [0.29, 0.717) is 37.2 Å². The van der Waals surface area contributed by atoms with Crippen molar-refractivity contribution in [2.45, 2.75) is 0 Å². The van der Waals surface area contributed by atoms with Gasteiger partial charge < -0.3 is 15.4 Å². The standard InChI is InChI=1S/C24H16BrCl2N3O3/c25-19-12-15(11-16(13-28)24(32)30-21-4-2-1-3-20(21)27)5-10-22(19)33-14-23(31)29-18-8-6-17(26)7-9-18/h1-12H,14H2,(H,29,31)(H,30,32)/b16-11+. The molecule has 0 aliphatic carbocycles. The molecule has 9 heteroatoms. The molecule has 0 aliphatic heterocycles. The van der Waals surface area contributed by atoms with Crippen molar-refractivity contribution < 1.29 is 14.3 Å². The van der Waals surface area contributed by atoms with Crippen molar-refractivity contribution in [2.75, 3.05) is 17.2 Å². The highest BCUT2D eigenvalue weighted by Crippen LogP contribution is 2.27. The topological polar surface area (TPSA) is 91.2 Å². The summed E-state index contributed by atoms with van der Waals surface area (Å²) in [7, 11) is 0. The van der Waals surface area contributed by atoms with Gasteiger partial charge in [0, 0.05) is 10.7 Å². The molecule has 166 valence electrons. The zero-order valence-electron chi connectivity index (χ0n) is 16.9. The predicted molar refractivity (Wildman–Crippen MR) is 133 cm³/mol. The number of ether oxygens (including phenoxy) is 1. The van der Waals surface area contributed by atoms with Crippen LogP contribution in [0, 0.1) is 11.3 Å². The van der Waals surface area contributed by atoms with Gasteiger partial charge in [-0.2, -0.15) is 5.26 Å². The molecular weight excluding hydrogens is 529 g/mol. The van der Waals surface area contributed by atoms with Crippen LogP contribution in [-0.4, -0.2) is 18.4 Å². The highest BCUT2D eigenvalue weighted by molar-refractivity contribution is 9.10. The summed E-state index contributed by atoms with van der Waals surface area (Å²) in [5.74, 6) is -0.491. The number of nitrogens with zero attached hydrogens (tertiary/aromatic N) is 1. The first-order valence-corrected chi connectivity index (χ1v) is 11.1. The fourth-order valence-corrected chi connectivity index (χ4v) is 3.48. The highest BCUT2D eigenvalue weighted by atomic mass is 79.9. The molecule has 3 aromatic carbocycles. The lowest BCUT2D eigenvalue weighted by atomic mass is 10.1. The molecule has 0 spiro atoms. The van der Waals surface area contributed by atoms with E-state index in [1.165, 1.54) is 6.08 Å². The molecule has 2 amide bonds. The Morgan fingerprint density at radius 3 is 2.42 bits per heavy atom. The maximum absolute atomic E-state index is 12.4. The van der Waals surface area contributed by atoms with Crippen molar-refractivity contribution in [2.24, 2.45) is 0 Å². The Morgan fingerprint density at radius 2 is 1.76 bits per heavy atom. The van der Waals surface area contributed by atoms with E-state index in [9.17, 15) is 14.9 Å². The Morgan fingerprint density at radius 1 is 1.03 bits per heavy atom.